The maximum absolute atomic E-state index is 13.3. The number of carbonyl (C=O) groups is 2. The third kappa shape index (κ3) is 5.36. The number of likely N-dealkylation sites (N-methyl/N-ethyl adjacent to an activating group) is 1. The first-order valence-corrected chi connectivity index (χ1v) is 13.0. The van der Waals surface area contributed by atoms with Crippen molar-refractivity contribution in [2.75, 3.05) is 11.9 Å². The van der Waals surface area contributed by atoms with Crippen LogP contribution in [0.2, 0.25) is 0 Å². The third-order valence-electron chi connectivity index (χ3n) is 6.91. The van der Waals surface area contributed by atoms with E-state index in [2.05, 4.69) is 24.1 Å². The molecular formula is C28H34N6O2S. The van der Waals surface area contributed by atoms with Crippen molar-refractivity contribution < 1.29 is 9.59 Å². The van der Waals surface area contributed by atoms with Crippen molar-refractivity contribution in [1.29, 1.82) is 5.41 Å². The van der Waals surface area contributed by atoms with E-state index in [1.807, 2.05) is 42.5 Å². The van der Waals surface area contributed by atoms with Crippen molar-refractivity contribution >= 4 is 40.7 Å². The molecule has 1 aliphatic heterocycles. The zero-order chi connectivity index (χ0) is 26.7. The molecule has 2 fully saturated rings. The molecule has 1 heterocycles. The molecule has 0 bridgehead atoms. The first kappa shape index (κ1) is 26.3. The zero-order valence-corrected chi connectivity index (χ0v) is 22.3. The number of urea groups is 1. The molecule has 4 rings (SSSR count). The van der Waals surface area contributed by atoms with E-state index in [1.54, 1.807) is 24.1 Å². The first-order chi connectivity index (χ1) is 17.7. The van der Waals surface area contributed by atoms with E-state index in [9.17, 15) is 15.0 Å². The number of hydrogen-bond donors (Lipinski definition) is 3. The summed E-state index contributed by atoms with van der Waals surface area (Å²) in [5.41, 5.74) is 8.24. The van der Waals surface area contributed by atoms with E-state index in [1.165, 1.54) is 4.90 Å². The Hall–Kier alpha value is -3.72. The van der Waals surface area contributed by atoms with Crippen molar-refractivity contribution in [2.24, 2.45) is 5.73 Å². The summed E-state index contributed by atoms with van der Waals surface area (Å²) < 4.78 is 0. The highest BCUT2D eigenvalue weighted by atomic mass is 32.1. The molecule has 1 saturated heterocycles. The molecule has 1 saturated carbocycles. The lowest BCUT2D eigenvalue weighted by Gasteiger charge is -2.42. The highest BCUT2D eigenvalue weighted by molar-refractivity contribution is 7.80. The number of thiocarbonyl (C=S) groups is 1. The van der Waals surface area contributed by atoms with E-state index in [0.717, 1.165) is 36.9 Å². The fourth-order valence-electron chi connectivity index (χ4n) is 4.99. The zero-order valence-electron chi connectivity index (χ0n) is 21.5. The summed E-state index contributed by atoms with van der Waals surface area (Å²) in [6.45, 7) is 4.58. The van der Waals surface area contributed by atoms with Crippen LogP contribution in [0, 0.1) is 5.41 Å². The number of primary amides is 1. The van der Waals surface area contributed by atoms with Gasteiger partial charge in [-0.1, -0.05) is 55.4 Å². The number of rotatable bonds is 8. The van der Waals surface area contributed by atoms with Gasteiger partial charge in [0.2, 0.25) is 5.91 Å². The predicted octanol–water partition coefficient (Wildman–Crippen LogP) is 4.62. The topological polar surface area (TPSA) is 106 Å². The summed E-state index contributed by atoms with van der Waals surface area (Å²) in [4.78, 5) is 30.3. The Kier molecular flexibility index (Phi) is 7.92. The molecule has 0 radical (unpaired) electrons. The van der Waals surface area contributed by atoms with Crippen molar-refractivity contribution in [2.45, 2.75) is 58.2 Å². The number of amidine groups is 1. The second kappa shape index (κ2) is 11.1. The number of carbonyl (C=O) groups excluding carboxylic acids is 2. The van der Waals surface area contributed by atoms with Crippen LogP contribution in [0.4, 0.5) is 10.5 Å². The molecule has 0 atom stereocenters. The minimum atomic E-state index is -0.474. The van der Waals surface area contributed by atoms with Gasteiger partial charge in [0.25, 0.3) is 0 Å². The lowest BCUT2D eigenvalue weighted by molar-refractivity contribution is 0.1000. The van der Waals surface area contributed by atoms with Crippen LogP contribution in [0.1, 0.15) is 55.5 Å². The fraction of sp³-hybridized carbons (Fsp3) is 0.357. The molecular weight excluding hydrogens is 484 g/mol. The predicted molar refractivity (Wildman–Crippen MR) is 150 cm³/mol. The second-order valence-electron chi connectivity index (χ2n) is 9.74. The Morgan fingerprint density at radius 1 is 1.14 bits per heavy atom. The Morgan fingerprint density at radius 2 is 1.76 bits per heavy atom. The Balaban J connectivity index is 1.81. The van der Waals surface area contributed by atoms with Crippen LogP contribution in [0.25, 0.3) is 0 Å². The molecule has 0 unspecified atom stereocenters. The van der Waals surface area contributed by atoms with Crippen LogP contribution < -0.4 is 16.0 Å². The monoisotopic (exact) mass is 518 g/mol. The van der Waals surface area contributed by atoms with E-state index < -0.39 is 5.91 Å². The van der Waals surface area contributed by atoms with Gasteiger partial charge in [-0.2, -0.15) is 0 Å². The van der Waals surface area contributed by atoms with Gasteiger partial charge in [0.15, 0.2) is 0 Å². The van der Waals surface area contributed by atoms with Gasteiger partial charge in [0.05, 0.1) is 5.57 Å². The van der Waals surface area contributed by atoms with E-state index in [4.69, 9.17) is 18.0 Å². The van der Waals surface area contributed by atoms with Crippen molar-refractivity contribution in [3.05, 3.63) is 77.1 Å². The maximum Gasteiger partial charge on any atom is 0.330 e. The number of anilines is 1. The molecule has 2 aromatic carbocycles. The van der Waals surface area contributed by atoms with Gasteiger partial charge < -0.3 is 16.0 Å². The molecule has 9 heteroatoms. The second-order valence-corrected chi connectivity index (χ2v) is 10.1. The van der Waals surface area contributed by atoms with Gasteiger partial charge in [0, 0.05) is 36.9 Å². The number of hydrogen-bond acceptors (Lipinski definition) is 6. The Labute approximate surface area is 223 Å². The Morgan fingerprint density at radius 3 is 2.32 bits per heavy atom. The highest BCUT2D eigenvalue weighted by Gasteiger charge is 2.42. The van der Waals surface area contributed by atoms with Crippen molar-refractivity contribution in [3.63, 3.8) is 0 Å². The van der Waals surface area contributed by atoms with Crippen molar-refractivity contribution in [1.82, 2.24) is 15.1 Å². The molecule has 0 aromatic heterocycles. The van der Waals surface area contributed by atoms with Crippen LogP contribution in [-0.2, 0) is 6.54 Å². The standard InChI is InChI=1S/C28H34N6O2S/c1-18(2)33(21-9-5-4-6-10-21)26(31-17-19-13-15-20(16-14-19)25(30)35)23-24(29)34(22-11-7-8-12-22)28(36)32(3)27(23)37/h4-6,9-10,13-16,18,22,29,31H,7-8,11-12,17H2,1-3H3,(H2,30,35)/b26-23-,29-24?. The van der Waals surface area contributed by atoms with Crippen LogP contribution >= 0.6 is 12.2 Å². The first-order valence-electron chi connectivity index (χ1n) is 12.6. The summed E-state index contributed by atoms with van der Waals surface area (Å²) in [6, 6.07) is 16.8. The summed E-state index contributed by atoms with van der Waals surface area (Å²) in [5, 5.41) is 12.8. The van der Waals surface area contributed by atoms with Crippen LogP contribution in [0.15, 0.2) is 66.0 Å². The van der Waals surface area contributed by atoms with E-state index in [-0.39, 0.29) is 24.0 Å². The molecule has 37 heavy (non-hydrogen) atoms. The average molecular weight is 519 g/mol. The minimum Gasteiger partial charge on any atom is -0.367 e. The van der Waals surface area contributed by atoms with Crippen LogP contribution in [0.3, 0.4) is 0 Å². The maximum atomic E-state index is 13.3. The number of nitrogens with zero attached hydrogens (tertiary/aromatic N) is 3. The van der Waals surface area contributed by atoms with E-state index in [0.29, 0.717) is 28.5 Å². The Bertz CT molecular complexity index is 1220. The van der Waals surface area contributed by atoms with Gasteiger partial charge in [0.1, 0.15) is 16.6 Å². The van der Waals surface area contributed by atoms with Gasteiger partial charge in [-0.15, -0.1) is 0 Å². The molecule has 194 valence electrons. The molecule has 0 spiro atoms. The molecule has 4 N–H and O–H groups in total. The van der Waals surface area contributed by atoms with Gasteiger partial charge >= 0.3 is 6.03 Å². The van der Waals surface area contributed by atoms with Crippen LogP contribution in [0.5, 0.6) is 0 Å². The van der Waals surface area contributed by atoms with E-state index >= 15 is 0 Å². The van der Waals surface area contributed by atoms with Crippen molar-refractivity contribution in [3.8, 4) is 0 Å². The molecule has 3 amide bonds. The summed E-state index contributed by atoms with van der Waals surface area (Å²) >= 11 is 5.80. The number of amides is 3. The molecule has 2 aliphatic rings. The molecule has 1 aliphatic carbocycles. The van der Waals surface area contributed by atoms with Gasteiger partial charge in [-0.05, 0) is 56.5 Å². The number of para-hydroxylation sites is 1. The van der Waals surface area contributed by atoms with Gasteiger partial charge in [-0.25, -0.2) is 4.79 Å². The average Bonchev–Trinajstić information content (AvgIpc) is 3.41. The fourth-order valence-corrected chi connectivity index (χ4v) is 5.26. The SMILES string of the molecule is CC(C)N(/C(NCc1ccc(C(N)=O)cc1)=C1/C(=N)N(C2CCCC2)C(=O)N(C)C1=S)c1ccccc1. The lowest BCUT2D eigenvalue weighted by Crippen LogP contribution is -2.58. The number of nitrogens with two attached hydrogens (primary N) is 1. The molecule has 2 aromatic rings. The normalized spacial score (nSPS) is 18.0. The quantitative estimate of drug-likeness (QED) is 0.349. The number of benzene rings is 2. The largest absolute Gasteiger partial charge is 0.367 e. The highest BCUT2D eigenvalue weighted by Crippen LogP contribution is 2.32. The third-order valence-corrected chi connectivity index (χ3v) is 7.38. The summed E-state index contributed by atoms with van der Waals surface area (Å²) in [7, 11) is 1.68. The lowest BCUT2D eigenvalue weighted by atomic mass is 10.1. The molecule has 8 nitrogen and oxygen atoms in total. The number of nitrogens with one attached hydrogen (secondary N) is 2. The summed E-state index contributed by atoms with van der Waals surface area (Å²) in [5.74, 6) is 0.323. The van der Waals surface area contributed by atoms with Crippen LogP contribution in [-0.4, -0.2) is 51.7 Å². The van der Waals surface area contributed by atoms with Gasteiger partial charge in [-0.3, -0.25) is 20.0 Å². The smallest absolute Gasteiger partial charge is 0.330 e. The minimum absolute atomic E-state index is 0.00707. The summed E-state index contributed by atoms with van der Waals surface area (Å²) in [6.07, 6.45) is 3.85.